The van der Waals surface area contributed by atoms with Crippen LogP contribution in [0.4, 0.5) is 0 Å². The van der Waals surface area contributed by atoms with Gasteiger partial charge in [-0.2, -0.15) is 0 Å². The van der Waals surface area contributed by atoms with Gasteiger partial charge in [-0.15, -0.1) is 0 Å². The molecule has 10 heavy (non-hydrogen) atoms. The normalized spacial score (nSPS) is 34.4. The van der Waals surface area contributed by atoms with Gasteiger partial charge in [-0.05, 0) is 31.1 Å². The summed E-state index contributed by atoms with van der Waals surface area (Å²) in [5.74, 6) is 1.87. The topological polar surface area (TPSA) is 0 Å². The van der Waals surface area contributed by atoms with E-state index in [0.717, 1.165) is 11.8 Å². The summed E-state index contributed by atoms with van der Waals surface area (Å²) < 4.78 is 0. The summed E-state index contributed by atoms with van der Waals surface area (Å²) in [5, 5.41) is 0. The second kappa shape index (κ2) is 3.23. The third kappa shape index (κ3) is 1.62. The predicted octanol–water partition coefficient (Wildman–Crippen LogP) is 3.39. The molecule has 0 heterocycles. The standard InChI is InChI=1S/C10H18/c1-4-10-6-5-8(2)7-9(10)3/h9-10H,2,4-7H2,1,3H3. The summed E-state index contributed by atoms with van der Waals surface area (Å²) in [7, 11) is 0. The zero-order valence-electron chi connectivity index (χ0n) is 7.19. The maximum Gasteiger partial charge on any atom is -0.0294 e. The van der Waals surface area contributed by atoms with Gasteiger partial charge in [0.15, 0.2) is 0 Å². The van der Waals surface area contributed by atoms with Gasteiger partial charge in [0.1, 0.15) is 0 Å². The lowest BCUT2D eigenvalue weighted by atomic mass is 9.77. The summed E-state index contributed by atoms with van der Waals surface area (Å²) in [4.78, 5) is 0. The van der Waals surface area contributed by atoms with Gasteiger partial charge in [-0.1, -0.05) is 32.4 Å². The molecule has 1 aliphatic carbocycles. The molecule has 1 fully saturated rings. The Hall–Kier alpha value is -0.260. The Labute approximate surface area is 64.3 Å². The molecule has 1 rings (SSSR count). The summed E-state index contributed by atoms with van der Waals surface area (Å²) in [6.45, 7) is 8.69. The lowest BCUT2D eigenvalue weighted by Crippen LogP contribution is -2.16. The van der Waals surface area contributed by atoms with E-state index in [-0.39, 0.29) is 0 Å². The third-order valence-electron chi connectivity index (χ3n) is 2.81. The second-order valence-electron chi connectivity index (χ2n) is 3.64. The van der Waals surface area contributed by atoms with Crippen LogP contribution in [0.15, 0.2) is 12.2 Å². The third-order valence-corrected chi connectivity index (χ3v) is 2.81. The van der Waals surface area contributed by atoms with Crippen LogP contribution < -0.4 is 0 Å². The van der Waals surface area contributed by atoms with Crippen LogP contribution in [-0.4, -0.2) is 0 Å². The summed E-state index contributed by atoms with van der Waals surface area (Å²) in [6, 6.07) is 0. The molecule has 0 bridgehead atoms. The minimum atomic E-state index is 0.895. The Morgan fingerprint density at radius 2 is 2.30 bits per heavy atom. The zero-order chi connectivity index (χ0) is 7.56. The lowest BCUT2D eigenvalue weighted by Gasteiger charge is -2.28. The molecule has 1 saturated carbocycles. The van der Waals surface area contributed by atoms with Gasteiger partial charge in [0.25, 0.3) is 0 Å². The van der Waals surface area contributed by atoms with E-state index in [1.54, 1.807) is 0 Å². The van der Waals surface area contributed by atoms with Gasteiger partial charge >= 0.3 is 0 Å². The Bertz CT molecular complexity index is 124. The van der Waals surface area contributed by atoms with E-state index in [1.165, 1.54) is 31.3 Å². The van der Waals surface area contributed by atoms with Crippen LogP contribution >= 0.6 is 0 Å². The van der Waals surface area contributed by atoms with E-state index in [2.05, 4.69) is 20.4 Å². The summed E-state index contributed by atoms with van der Waals surface area (Å²) in [5.41, 5.74) is 1.47. The van der Waals surface area contributed by atoms with Crippen LogP contribution in [-0.2, 0) is 0 Å². The first kappa shape index (κ1) is 7.84. The van der Waals surface area contributed by atoms with Crippen molar-refractivity contribution in [2.24, 2.45) is 11.8 Å². The molecule has 2 unspecified atom stereocenters. The van der Waals surface area contributed by atoms with Crippen molar-refractivity contribution in [2.45, 2.75) is 39.5 Å². The summed E-state index contributed by atoms with van der Waals surface area (Å²) >= 11 is 0. The molecule has 0 radical (unpaired) electrons. The minimum absolute atomic E-state index is 0.895. The van der Waals surface area contributed by atoms with E-state index in [1.807, 2.05) is 0 Å². The first-order valence-electron chi connectivity index (χ1n) is 4.40. The fraction of sp³-hybridized carbons (Fsp3) is 0.800. The molecule has 0 N–H and O–H groups in total. The number of allylic oxidation sites excluding steroid dienone is 1. The van der Waals surface area contributed by atoms with Crippen molar-refractivity contribution in [1.82, 2.24) is 0 Å². The molecular weight excluding hydrogens is 120 g/mol. The highest BCUT2D eigenvalue weighted by Crippen LogP contribution is 2.33. The smallest absolute Gasteiger partial charge is 0.0294 e. The van der Waals surface area contributed by atoms with Crippen LogP contribution in [0.2, 0.25) is 0 Å². The molecule has 2 atom stereocenters. The monoisotopic (exact) mass is 138 g/mol. The van der Waals surface area contributed by atoms with Crippen molar-refractivity contribution in [1.29, 1.82) is 0 Å². The van der Waals surface area contributed by atoms with Crippen LogP contribution in [0.1, 0.15) is 39.5 Å². The molecule has 0 heteroatoms. The Balaban J connectivity index is 2.43. The zero-order valence-corrected chi connectivity index (χ0v) is 7.19. The Kier molecular flexibility index (Phi) is 2.53. The van der Waals surface area contributed by atoms with Crippen molar-refractivity contribution >= 4 is 0 Å². The number of rotatable bonds is 1. The quantitative estimate of drug-likeness (QED) is 0.487. The van der Waals surface area contributed by atoms with E-state index in [9.17, 15) is 0 Å². The summed E-state index contributed by atoms with van der Waals surface area (Å²) in [6.07, 6.45) is 5.30. The van der Waals surface area contributed by atoms with Crippen molar-refractivity contribution in [2.75, 3.05) is 0 Å². The highest BCUT2D eigenvalue weighted by atomic mass is 14.3. The van der Waals surface area contributed by atoms with Crippen molar-refractivity contribution in [3.8, 4) is 0 Å². The first-order valence-corrected chi connectivity index (χ1v) is 4.40. The Morgan fingerprint density at radius 3 is 2.80 bits per heavy atom. The molecule has 0 aromatic heterocycles. The van der Waals surface area contributed by atoms with Crippen LogP contribution in [0, 0.1) is 11.8 Å². The molecule has 0 aliphatic heterocycles. The van der Waals surface area contributed by atoms with Gasteiger partial charge in [-0.25, -0.2) is 0 Å². The van der Waals surface area contributed by atoms with Gasteiger partial charge in [0.2, 0.25) is 0 Å². The molecule has 0 amide bonds. The average molecular weight is 138 g/mol. The minimum Gasteiger partial charge on any atom is -0.0999 e. The number of hydrogen-bond donors (Lipinski definition) is 0. The van der Waals surface area contributed by atoms with E-state index < -0.39 is 0 Å². The highest BCUT2D eigenvalue weighted by Gasteiger charge is 2.20. The highest BCUT2D eigenvalue weighted by molar-refractivity contribution is 5.00. The second-order valence-corrected chi connectivity index (χ2v) is 3.64. The van der Waals surface area contributed by atoms with Crippen molar-refractivity contribution in [3.05, 3.63) is 12.2 Å². The maximum absolute atomic E-state index is 4.03. The van der Waals surface area contributed by atoms with Crippen molar-refractivity contribution < 1.29 is 0 Å². The lowest BCUT2D eigenvalue weighted by molar-refractivity contribution is 0.290. The molecular formula is C10H18. The first-order chi connectivity index (χ1) is 4.74. The molecule has 0 nitrogen and oxygen atoms in total. The molecule has 0 aromatic rings. The van der Waals surface area contributed by atoms with Crippen LogP contribution in [0.3, 0.4) is 0 Å². The Morgan fingerprint density at radius 1 is 1.60 bits per heavy atom. The van der Waals surface area contributed by atoms with E-state index in [0.29, 0.717) is 0 Å². The van der Waals surface area contributed by atoms with Crippen molar-refractivity contribution in [3.63, 3.8) is 0 Å². The molecule has 58 valence electrons. The largest absolute Gasteiger partial charge is 0.0999 e. The molecule has 0 spiro atoms. The van der Waals surface area contributed by atoms with E-state index >= 15 is 0 Å². The fourth-order valence-electron chi connectivity index (χ4n) is 2.00. The fourth-order valence-corrected chi connectivity index (χ4v) is 2.00. The number of hydrogen-bond acceptors (Lipinski definition) is 0. The van der Waals surface area contributed by atoms with Crippen LogP contribution in [0.5, 0.6) is 0 Å². The average Bonchev–Trinajstić information content (AvgIpc) is 1.88. The predicted molar refractivity (Wildman–Crippen MR) is 45.9 cm³/mol. The van der Waals surface area contributed by atoms with Gasteiger partial charge in [0, 0.05) is 0 Å². The van der Waals surface area contributed by atoms with Gasteiger partial charge in [0.05, 0.1) is 0 Å². The van der Waals surface area contributed by atoms with Gasteiger partial charge < -0.3 is 0 Å². The van der Waals surface area contributed by atoms with E-state index in [4.69, 9.17) is 0 Å². The molecule has 0 saturated heterocycles. The van der Waals surface area contributed by atoms with Crippen LogP contribution in [0.25, 0.3) is 0 Å². The van der Waals surface area contributed by atoms with Gasteiger partial charge in [-0.3, -0.25) is 0 Å². The SMILES string of the molecule is C=C1CCC(CC)C(C)C1. The maximum atomic E-state index is 4.03. The molecule has 1 aliphatic rings. The molecule has 0 aromatic carbocycles.